The van der Waals surface area contributed by atoms with E-state index >= 15 is 0 Å². The first-order valence-corrected chi connectivity index (χ1v) is 7.80. The zero-order chi connectivity index (χ0) is 11.7. The van der Waals surface area contributed by atoms with Crippen LogP contribution in [0, 0.1) is 0 Å². The van der Waals surface area contributed by atoms with Crippen LogP contribution in [0.3, 0.4) is 0 Å². The first-order chi connectivity index (χ1) is 6.99. The van der Waals surface area contributed by atoms with Gasteiger partial charge >= 0.3 is 44.5 Å². The Balaban J connectivity index is -0.000000980. The summed E-state index contributed by atoms with van der Waals surface area (Å²) in [5.41, 5.74) is 0. The van der Waals surface area contributed by atoms with Crippen molar-refractivity contribution < 1.29 is 19.1 Å². The summed E-state index contributed by atoms with van der Waals surface area (Å²) in [5.74, 6) is 0.359. The molecule has 0 aromatic heterocycles. The maximum atomic E-state index is 10.4. The Morgan fingerprint density at radius 1 is 1.35 bits per heavy atom. The van der Waals surface area contributed by atoms with E-state index in [1.807, 2.05) is 6.92 Å². The molecule has 94 valence electrons. The van der Waals surface area contributed by atoms with Gasteiger partial charge in [0.05, 0.1) is 0 Å². The molecule has 0 heterocycles. The van der Waals surface area contributed by atoms with E-state index in [-0.39, 0.29) is 37.7 Å². The van der Waals surface area contributed by atoms with E-state index < -0.39 is 6.80 Å². The summed E-state index contributed by atoms with van der Waals surface area (Å²) in [7, 11) is 0. The van der Waals surface area contributed by atoms with E-state index in [0.717, 1.165) is 6.41 Å². The van der Waals surface area contributed by atoms with Gasteiger partial charge in [-0.2, -0.15) is 0 Å². The fraction of sp³-hybridized carbons (Fsp3) is 0.857. The zero-order valence-corrected chi connectivity index (χ0v) is 10.3. The predicted octanol–water partition coefficient (Wildman–Crippen LogP) is -1.42. The van der Waals surface area contributed by atoms with Crippen LogP contribution in [-0.4, -0.2) is 90.7 Å². The molecule has 17 heavy (non-hydrogen) atoms. The van der Waals surface area contributed by atoms with Crippen LogP contribution in [0.5, 0.6) is 0 Å². The Hall–Kier alpha value is 1.12. The van der Waals surface area contributed by atoms with E-state index in [0.29, 0.717) is 43.3 Å². The first kappa shape index (κ1) is 23.2. The Morgan fingerprint density at radius 3 is 2.35 bits per heavy atom. The third-order valence-electron chi connectivity index (χ3n) is 1.67. The van der Waals surface area contributed by atoms with Gasteiger partial charge in [-0.3, -0.25) is 4.79 Å². The number of amides is 1. The van der Waals surface area contributed by atoms with Crippen LogP contribution < -0.4 is 5.32 Å². The Bertz CT molecular complexity index is 232. The molecule has 1 amide bonds. The van der Waals surface area contributed by atoms with Crippen LogP contribution in [0.25, 0.3) is 0 Å². The molecule has 0 fully saturated rings. The van der Waals surface area contributed by atoms with Crippen molar-refractivity contribution in [3.8, 4) is 0 Å². The van der Waals surface area contributed by atoms with Crippen LogP contribution in [-0.2, 0) is 9.36 Å². The molecule has 0 atom stereocenters. The number of nitrogens with one attached hydrogen (secondary N) is 1. The van der Waals surface area contributed by atoms with E-state index in [2.05, 4.69) is 5.32 Å². The summed E-state index contributed by atoms with van der Waals surface area (Å²) >= 11 is 0.625. The molecule has 0 rings (SSSR count). The van der Waals surface area contributed by atoms with E-state index in [9.17, 15) is 9.36 Å². The molecule has 10 heteroatoms. The number of carbonyl (C=O) groups excluding carboxylic acids is 1. The SMILES string of the molecule is CCN(C=O)CCNCCSP(=O)(O)O.[LiH].[LiH]. The summed E-state index contributed by atoms with van der Waals surface area (Å²) in [6, 6.07) is 0. The summed E-state index contributed by atoms with van der Waals surface area (Å²) in [6.45, 7) is 0.386. The average Bonchev–Trinajstić information content (AvgIpc) is 2.15. The van der Waals surface area contributed by atoms with E-state index in [4.69, 9.17) is 9.79 Å². The minimum atomic E-state index is -3.93. The van der Waals surface area contributed by atoms with Crippen molar-refractivity contribution in [2.24, 2.45) is 0 Å². The number of nitrogens with zero attached hydrogens (tertiary/aromatic N) is 1. The van der Waals surface area contributed by atoms with Gasteiger partial charge in [-0.15, -0.1) is 0 Å². The van der Waals surface area contributed by atoms with Crippen molar-refractivity contribution in [1.82, 2.24) is 10.2 Å². The molecule has 6 nitrogen and oxygen atoms in total. The molecule has 0 saturated carbocycles. The van der Waals surface area contributed by atoms with Crippen LogP contribution in [0.15, 0.2) is 0 Å². The second-order valence-electron chi connectivity index (χ2n) is 2.81. The normalized spacial score (nSPS) is 10.1. The molecule has 0 radical (unpaired) electrons. The van der Waals surface area contributed by atoms with Gasteiger partial charge in [0.15, 0.2) is 0 Å². The molecule has 3 N–H and O–H groups in total. The van der Waals surface area contributed by atoms with E-state index in [1.54, 1.807) is 4.90 Å². The molecule has 0 spiro atoms. The maximum absolute atomic E-state index is 10.4. The number of hydrogen-bond acceptors (Lipinski definition) is 4. The number of likely N-dealkylation sites (N-methyl/N-ethyl adjacent to an activating group) is 1. The number of hydrogen-bond donors (Lipinski definition) is 3. The Labute approximate surface area is 130 Å². The fourth-order valence-electron chi connectivity index (χ4n) is 0.870. The second-order valence-corrected chi connectivity index (χ2v) is 6.66. The van der Waals surface area contributed by atoms with Crippen LogP contribution in [0.2, 0.25) is 0 Å². The van der Waals surface area contributed by atoms with Gasteiger partial charge in [-0.1, -0.05) is 0 Å². The third kappa shape index (κ3) is 17.1. The molecule has 0 unspecified atom stereocenters. The molecular weight excluding hydrogens is 253 g/mol. The molecule has 0 aliphatic carbocycles. The van der Waals surface area contributed by atoms with Crippen LogP contribution >= 0.6 is 18.2 Å². The van der Waals surface area contributed by atoms with E-state index in [1.165, 1.54) is 0 Å². The van der Waals surface area contributed by atoms with Gasteiger partial charge in [0.2, 0.25) is 6.41 Å². The number of rotatable bonds is 9. The Morgan fingerprint density at radius 2 is 1.94 bits per heavy atom. The standard InChI is InChI=1S/C7H17N2O4PS.2Li.2H/c1-2-9(7-10)5-3-8-4-6-15-14(11,12)13;;;;/h7-8H,2-6H2,1H3,(H2,11,12,13);;;;. The Kier molecular flexibility index (Phi) is 18.5. The van der Waals surface area contributed by atoms with Crippen molar-refractivity contribution >= 4 is 62.3 Å². The molecule has 0 aromatic rings. The van der Waals surface area contributed by atoms with Crippen molar-refractivity contribution in [1.29, 1.82) is 0 Å². The second kappa shape index (κ2) is 13.6. The zero-order valence-electron chi connectivity index (χ0n) is 8.63. The summed E-state index contributed by atoms with van der Waals surface area (Å²) in [6.07, 6.45) is 0.784. The summed E-state index contributed by atoms with van der Waals surface area (Å²) in [5, 5.41) is 2.99. The monoisotopic (exact) mass is 272 g/mol. The quantitative estimate of drug-likeness (QED) is 0.207. The molecule has 0 aliphatic rings. The van der Waals surface area contributed by atoms with Crippen molar-refractivity contribution in [3.05, 3.63) is 0 Å². The van der Waals surface area contributed by atoms with Gasteiger partial charge in [0.25, 0.3) is 0 Å². The topological polar surface area (TPSA) is 89.9 Å². The van der Waals surface area contributed by atoms with Crippen molar-refractivity contribution in [2.75, 3.05) is 31.9 Å². The predicted molar refractivity (Wildman–Crippen MR) is 75.0 cm³/mol. The molecule has 0 saturated heterocycles. The van der Waals surface area contributed by atoms with Crippen molar-refractivity contribution in [2.45, 2.75) is 6.92 Å². The third-order valence-corrected chi connectivity index (χ3v) is 3.95. The number of carbonyl (C=O) groups is 1. The summed E-state index contributed by atoms with van der Waals surface area (Å²) < 4.78 is 10.4. The van der Waals surface area contributed by atoms with Gasteiger partial charge in [-0.25, -0.2) is 4.57 Å². The molecule has 0 bridgehead atoms. The van der Waals surface area contributed by atoms with Crippen molar-refractivity contribution in [3.63, 3.8) is 0 Å². The summed E-state index contributed by atoms with van der Waals surface area (Å²) in [4.78, 5) is 29.1. The van der Waals surface area contributed by atoms with Crippen LogP contribution in [0.4, 0.5) is 0 Å². The molecule has 0 aromatic carbocycles. The van der Waals surface area contributed by atoms with Crippen LogP contribution in [0.1, 0.15) is 6.92 Å². The van der Waals surface area contributed by atoms with Gasteiger partial charge in [-0.05, 0) is 18.3 Å². The van der Waals surface area contributed by atoms with Gasteiger partial charge in [0.1, 0.15) is 0 Å². The average molecular weight is 272 g/mol. The first-order valence-electron chi connectivity index (χ1n) is 4.59. The fourth-order valence-corrected chi connectivity index (χ4v) is 2.33. The van der Waals surface area contributed by atoms with Gasteiger partial charge in [0, 0.05) is 31.9 Å². The molecule has 0 aliphatic heterocycles. The van der Waals surface area contributed by atoms with Gasteiger partial charge < -0.3 is 20.0 Å². The molecular formula is C7H19Li2N2O4PS. The minimum absolute atomic E-state index is 0.